The molecule has 3 atom stereocenters. The van der Waals surface area contributed by atoms with Gasteiger partial charge in [0, 0.05) is 0 Å². The summed E-state index contributed by atoms with van der Waals surface area (Å²) in [5.41, 5.74) is 2.67. The first-order valence-electron chi connectivity index (χ1n) is 9.81. The molecular formula is C20H35N3O. The number of aryl methyl sites for hydroxylation is 1. The van der Waals surface area contributed by atoms with Crippen LogP contribution >= 0.6 is 0 Å². The Hall–Kier alpha value is -0.900. The third kappa shape index (κ3) is 3.68. The molecule has 4 heteroatoms. The lowest BCUT2D eigenvalue weighted by Gasteiger charge is -2.25. The Morgan fingerprint density at radius 1 is 1.08 bits per heavy atom. The van der Waals surface area contributed by atoms with E-state index in [9.17, 15) is 0 Å². The molecule has 4 nitrogen and oxygen atoms in total. The van der Waals surface area contributed by atoms with Gasteiger partial charge in [-0.15, -0.1) is 5.10 Å². The minimum atomic E-state index is 0.0232. The molecule has 0 N–H and O–H groups in total. The number of aromatic nitrogens is 3. The fraction of sp³-hybridized carbons (Fsp3) is 0.900. The quantitative estimate of drug-likeness (QED) is 0.803. The average molecular weight is 334 g/mol. The fourth-order valence-corrected chi connectivity index (χ4v) is 4.55. The second-order valence-electron chi connectivity index (χ2n) is 9.46. The van der Waals surface area contributed by atoms with Crippen LogP contribution in [-0.2, 0) is 23.1 Å². The number of nitrogens with zero attached hydrogens (tertiary/aromatic N) is 3. The van der Waals surface area contributed by atoms with Gasteiger partial charge < -0.3 is 4.74 Å². The second-order valence-corrected chi connectivity index (χ2v) is 9.46. The van der Waals surface area contributed by atoms with Gasteiger partial charge in [0.1, 0.15) is 0 Å². The van der Waals surface area contributed by atoms with Gasteiger partial charge in [-0.25, -0.2) is 4.68 Å². The van der Waals surface area contributed by atoms with Crippen molar-refractivity contribution in [3.05, 3.63) is 11.4 Å². The number of rotatable bonds is 5. The molecule has 24 heavy (non-hydrogen) atoms. The van der Waals surface area contributed by atoms with Gasteiger partial charge in [-0.3, -0.25) is 0 Å². The molecule has 0 amide bonds. The van der Waals surface area contributed by atoms with Gasteiger partial charge in [0.25, 0.3) is 0 Å². The van der Waals surface area contributed by atoms with E-state index < -0.39 is 0 Å². The Kier molecular flexibility index (Phi) is 4.80. The standard InChI is InChI=1S/C20H35N3O/c1-7-12-20(5,6)24-13-16-14-8-10-17-18(11-9-15(14)16)23(22-21-17)19(2,3)4/h14-16H,7-13H2,1-6H3. The third-order valence-electron chi connectivity index (χ3n) is 5.94. The Morgan fingerprint density at radius 2 is 1.75 bits per heavy atom. The number of fused-ring (bicyclic) bond motifs is 2. The van der Waals surface area contributed by atoms with Crippen LogP contribution in [0, 0.1) is 17.8 Å². The van der Waals surface area contributed by atoms with Crippen molar-refractivity contribution in [2.45, 2.75) is 91.2 Å². The lowest BCUT2D eigenvalue weighted by molar-refractivity contribution is -0.0322. The first-order valence-corrected chi connectivity index (χ1v) is 9.81. The first kappa shape index (κ1) is 17.9. The smallest absolute Gasteiger partial charge is 0.0859 e. The summed E-state index contributed by atoms with van der Waals surface area (Å²) in [6.07, 6.45) is 7.06. The van der Waals surface area contributed by atoms with E-state index in [0.29, 0.717) is 0 Å². The summed E-state index contributed by atoms with van der Waals surface area (Å²) in [5, 5.41) is 8.94. The molecule has 1 aromatic heterocycles. The van der Waals surface area contributed by atoms with Crippen LogP contribution in [0.15, 0.2) is 0 Å². The summed E-state index contributed by atoms with van der Waals surface area (Å²) in [6, 6.07) is 0. The normalized spacial score (nSPS) is 27.2. The van der Waals surface area contributed by atoms with E-state index in [1.807, 2.05) is 0 Å². The zero-order valence-corrected chi connectivity index (χ0v) is 16.4. The van der Waals surface area contributed by atoms with Crippen LogP contribution in [0.25, 0.3) is 0 Å². The van der Waals surface area contributed by atoms with Crippen molar-refractivity contribution < 1.29 is 4.74 Å². The summed E-state index contributed by atoms with van der Waals surface area (Å²) in [6.45, 7) is 14.3. The predicted octanol–water partition coefficient (Wildman–Crippen LogP) is 4.37. The second kappa shape index (κ2) is 6.44. The average Bonchev–Trinajstić information content (AvgIpc) is 2.93. The van der Waals surface area contributed by atoms with Gasteiger partial charge in [-0.05, 0) is 84.5 Å². The maximum absolute atomic E-state index is 6.27. The van der Waals surface area contributed by atoms with Crippen molar-refractivity contribution in [3.8, 4) is 0 Å². The van der Waals surface area contributed by atoms with E-state index in [0.717, 1.165) is 43.6 Å². The topological polar surface area (TPSA) is 39.9 Å². The Bertz CT molecular complexity index is 570. The number of hydrogen-bond acceptors (Lipinski definition) is 3. The van der Waals surface area contributed by atoms with Crippen LogP contribution in [0.5, 0.6) is 0 Å². The highest BCUT2D eigenvalue weighted by atomic mass is 16.5. The molecule has 1 heterocycles. The highest BCUT2D eigenvalue weighted by molar-refractivity contribution is 5.16. The summed E-state index contributed by atoms with van der Waals surface area (Å²) in [7, 11) is 0. The molecule has 3 unspecified atom stereocenters. The number of hydrogen-bond donors (Lipinski definition) is 0. The van der Waals surface area contributed by atoms with E-state index in [1.165, 1.54) is 30.7 Å². The van der Waals surface area contributed by atoms with E-state index in [4.69, 9.17) is 4.74 Å². The van der Waals surface area contributed by atoms with E-state index in [-0.39, 0.29) is 11.1 Å². The van der Waals surface area contributed by atoms with Crippen LogP contribution in [0.3, 0.4) is 0 Å². The van der Waals surface area contributed by atoms with Gasteiger partial charge in [-0.1, -0.05) is 18.6 Å². The predicted molar refractivity (Wildman–Crippen MR) is 97.1 cm³/mol. The third-order valence-corrected chi connectivity index (χ3v) is 5.94. The van der Waals surface area contributed by atoms with Crippen molar-refractivity contribution in [1.82, 2.24) is 15.0 Å². The van der Waals surface area contributed by atoms with Crippen LogP contribution in [0.4, 0.5) is 0 Å². The van der Waals surface area contributed by atoms with Crippen molar-refractivity contribution in [2.75, 3.05) is 6.61 Å². The lowest BCUT2D eigenvalue weighted by atomic mass is 10.00. The SMILES string of the molecule is CCCC(C)(C)OCC1C2CCc3nnn(C(C)(C)C)c3CCC21. The lowest BCUT2D eigenvalue weighted by Crippen LogP contribution is -2.26. The minimum absolute atomic E-state index is 0.0232. The summed E-state index contributed by atoms with van der Waals surface area (Å²) < 4.78 is 8.42. The van der Waals surface area contributed by atoms with Crippen molar-refractivity contribution in [1.29, 1.82) is 0 Å². The summed E-state index contributed by atoms with van der Waals surface area (Å²) in [4.78, 5) is 0. The first-order chi connectivity index (χ1) is 11.2. The van der Waals surface area contributed by atoms with Crippen molar-refractivity contribution in [2.24, 2.45) is 17.8 Å². The van der Waals surface area contributed by atoms with Gasteiger partial charge in [-0.2, -0.15) is 0 Å². The monoisotopic (exact) mass is 333 g/mol. The zero-order valence-electron chi connectivity index (χ0n) is 16.4. The Labute approximate surface area is 147 Å². The molecule has 2 aliphatic rings. The van der Waals surface area contributed by atoms with E-state index >= 15 is 0 Å². The van der Waals surface area contributed by atoms with Crippen molar-refractivity contribution >= 4 is 0 Å². The van der Waals surface area contributed by atoms with Crippen LogP contribution in [-0.4, -0.2) is 27.2 Å². The fourth-order valence-electron chi connectivity index (χ4n) is 4.55. The number of ether oxygens (including phenoxy) is 1. The maximum atomic E-state index is 6.27. The molecule has 0 radical (unpaired) electrons. The van der Waals surface area contributed by atoms with Crippen LogP contribution < -0.4 is 0 Å². The van der Waals surface area contributed by atoms with E-state index in [2.05, 4.69) is 56.5 Å². The molecule has 0 bridgehead atoms. The molecule has 2 aliphatic carbocycles. The van der Waals surface area contributed by atoms with E-state index in [1.54, 1.807) is 0 Å². The molecule has 1 fully saturated rings. The molecule has 0 spiro atoms. The molecule has 136 valence electrons. The highest BCUT2D eigenvalue weighted by Gasteiger charge is 2.50. The van der Waals surface area contributed by atoms with Gasteiger partial charge >= 0.3 is 0 Å². The summed E-state index contributed by atoms with van der Waals surface area (Å²) >= 11 is 0. The van der Waals surface area contributed by atoms with Crippen molar-refractivity contribution in [3.63, 3.8) is 0 Å². The largest absolute Gasteiger partial charge is 0.375 e. The van der Waals surface area contributed by atoms with Gasteiger partial charge in [0.05, 0.1) is 29.1 Å². The minimum Gasteiger partial charge on any atom is -0.375 e. The molecule has 0 saturated heterocycles. The molecule has 3 rings (SSSR count). The maximum Gasteiger partial charge on any atom is 0.0859 e. The Morgan fingerprint density at radius 3 is 2.38 bits per heavy atom. The molecule has 0 aliphatic heterocycles. The zero-order chi connectivity index (χ0) is 17.5. The molecule has 1 aromatic rings. The van der Waals surface area contributed by atoms with Crippen LogP contribution in [0.1, 0.15) is 78.6 Å². The van der Waals surface area contributed by atoms with Gasteiger partial charge in [0.15, 0.2) is 0 Å². The molecule has 0 aromatic carbocycles. The Balaban J connectivity index is 1.61. The molecular weight excluding hydrogens is 298 g/mol. The highest BCUT2D eigenvalue weighted by Crippen LogP contribution is 2.53. The summed E-state index contributed by atoms with van der Waals surface area (Å²) in [5.74, 6) is 2.45. The van der Waals surface area contributed by atoms with Gasteiger partial charge in [0.2, 0.25) is 0 Å². The molecule has 1 saturated carbocycles. The van der Waals surface area contributed by atoms with Crippen LogP contribution in [0.2, 0.25) is 0 Å².